The number of nitrogens with one attached hydrogen (secondary N) is 2. The minimum atomic E-state index is -0.401. The van der Waals surface area contributed by atoms with Gasteiger partial charge in [0.05, 0.1) is 4.92 Å². The van der Waals surface area contributed by atoms with Crippen LogP contribution in [0, 0.1) is 10.1 Å². The molecule has 0 amide bonds. The number of anilines is 1. The Morgan fingerprint density at radius 2 is 2.10 bits per heavy atom. The van der Waals surface area contributed by atoms with Gasteiger partial charge in [0.15, 0.2) is 0 Å². The summed E-state index contributed by atoms with van der Waals surface area (Å²) in [6, 6.07) is 6.86. The van der Waals surface area contributed by atoms with Gasteiger partial charge in [0.1, 0.15) is 5.52 Å². The molecule has 1 aromatic heterocycles. The highest BCUT2D eigenvalue weighted by Crippen LogP contribution is 2.29. The number of rotatable bonds is 7. The number of hydrogen-bond acceptors (Lipinski definition) is 5. The van der Waals surface area contributed by atoms with Gasteiger partial charge < -0.3 is 10.6 Å². The molecule has 0 aliphatic heterocycles. The average molecular weight is 274 g/mol. The molecule has 0 fully saturated rings. The standard InChI is InChI=1S/C14H18N4O2/c1-2-7-15-9-10-16-12-5-6-13(18(19)20)14-11(12)4-3-8-17-14/h3-6,8,15-16H,2,7,9-10H2,1H3. The van der Waals surface area contributed by atoms with Gasteiger partial charge in [-0.15, -0.1) is 0 Å². The number of pyridine rings is 1. The summed E-state index contributed by atoms with van der Waals surface area (Å²) in [5, 5.41) is 18.4. The van der Waals surface area contributed by atoms with Crippen LogP contribution in [0.15, 0.2) is 30.5 Å². The van der Waals surface area contributed by atoms with Gasteiger partial charge in [-0.2, -0.15) is 0 Å². The fourth-order valence-corrected chi connectivity index (χ4v) is 2.05. The maximum absolute atomic E-state index is 11.0. The van der Waals surface area contributed by atoms with E-state index in [4.69, 9.17) is 0 Å². The number of nitro benzene ring substituents is 1. The first-order chi connectivity index (χ1) is 9.74. The number of non-ortho nitro benzene ring substituents is 1. The predicted octanol–water partition coefficient (Wildman–Crippen LogP) is 2.55. The Kier molecular flexibility index (Phi) is 4.84. The van der Waals surface area contributed by atoms with Gasteiger partial charge in [0.25, 0.3) is 5.69 Å². The molecule has 1 heterocycles. The monoisotopic (exact) mass is 274 g/mol. The summed E-state index contributed by atoms with van der Waals surface area (Å²) < 4.78 is 0. The summed E-state index contributed by atoms with van der Waals surface area (Å²) in [7, 11) is 0. The van der Waals surface area contributed by atoms with Crippen LogP contribution in [-0.4, -0.2) is 29.5 Å². The molecule has 2 N–H and O–H groups in total. The molecule has 0 saturated carbocycles. The van der Waals surface area contributed by atoms with Crippen LogP contribution in [0.5, 0.6) is 0 Å². The largest absolute Gasteiger partial charge is 0.383 e. The van der Waals surface area contributed by atoms with Crippen molar-refractivity contribution in [3.63, 3.8) is 0 Å². The molecule has 2 rings (SSSR count). The van der Waals surface area contributed by atoms with Crippen molar-refractivity contribution >= 4 is 22.3 Å². The Labute approximate surface area is 117 Å². The van der Waals surface area contributed by atoms with E-state index in [1.54, 1.807) is 18.3 Å². The lowest BCUT2D eigenvalue weighted by Crippen LogP contribution is -2.22. The van der Waals surface area contributed by atoms with Crippen LogP contribution in [-0.2, 0) is 0 Å². The van der Waals surface area contributed by atoms with Crippen LogP contribution in [0.4, 0.5) is 11.4 Å². The second-order valence-electron chi connectivity index (χ2n) is 4.47. The van der Waals surface area contributed by atoms with Gasteiger partial charge in [-0.25, -0.2) is 4.98 Å². The second kappa shape index (κ2) is 6.81. The van der Waals surface area contributed by atoms with E-state index >= 15 is 0 Å². The van der Waals surface area contributed by atoms with Crippen molar-refractivity contribution in [3.05, 3.63) is 40.6 Å². The third kappa shape index (κ3) is 3.21. The fraction of sp³-hybridized carbons (Fsp3) is 0.357. The van der Waals surface area contributed by atoms with Crippen molar-refractivity contribution in [2.45, 2.75) is 13.3 Å². The molecule has 6 heteroatoms. The summed E-state index contributed by atoms with van der Waals surface area (Å²) in [5.74, 6) is 0. The van der Waals surface area contributed by atoms with Gasteiger partial charge in [-0.3, -0.25) is 10.1 Å². The Hall–Kier alpha value is -2.21. The molecular weight excluding hydrogens is 256 g/mol. The first kappa shape index (κ1) is 14.2. The molecule has 1 aromatic carbocycles. The van der Waals surface area contributed by atoms with Gasteiger partial charge in [-0.05, 0) is 31.2 Å². The molecule has 2 aromatic rings. The normalized spacial score (nSPS) is 10.7. The summed E-state index contributed by atoms with van der Waals surface area (Å²) >= 11 is 0. The van der Waals surface area contributed by atoms with E-state index in [2.05, 4.69) is 22.5 Å². The molecule has 0 unspecified atom stereocenters. The topological polar surface area (TPSA) is 80.1 Å². The molecular formula is C14H18N4O2. The van der Waals surface area contributed by atoms with E-state index in [0.717, 1.165) is 37.1 Å². The number of nitro groups is 1. The first-order valence-corrected chi connectivity index (χ1v) is 6.70. The van der Waals surface area contributed by atoms with Crippen LogP contribution in [0.1, 0.15) is 13.3 Å². The maximum atomic E-state index is 11.0. The molecule has 6 nitrogen and oxygen atoms in total. The predicted molar refractivity (Wildman–Crippen MR) is 80.0 cm³/mol. The number of benzene rings is 1. The highest BCUT2D eigenvalue weighted by molar-refractivity contribution is 5.96. The quantitative estimate of drug-likeness (QED) is 0.461. The molecule has 0 atom stereocenters. The van der Waals surface area contributed by atoms with Gasteiger partial charge in [0.2, 0.25) is 0 Å². The zero-order valence-corrected chi connectivity index (χ0v) is 11.4. The number of nitrogens with zero attached hydrogens (tertiary/aromatic N) is 2. The number of fused-ring (bicyclic) bond motifs is 1. The van der Waals surface area contributed by atoms with Crippen LogP contribution in [0.25, 0.3) is 10.9 Å². The summed E-state index contributed by atoms with van der Waals surface area (Å²) in [6.45, 7) is 4.73. The summed E-state index contributed by atoms with van der Waals surface area (Å²) in [4.78, 5) is 14.7. The lowest BCUT2D eigenvalue weighted by Gasteiger charge is -2.10. The van der Waals surface area contributed by atoms with E-state index in [1.165, 1.54) is 6.07 Å². The van der Waals surface area contributed by atoms with Crippen LogP contribution < -0.4 is 10.6 Å². The Balaban J connectivity index is 2.18. The van der Waals surface area contributed by atoms with E-state index in [1.807, 2.05) is 6.07 Å². The summed E-state index contributed by atoms with van der Waals surface area (Å²) in [6.07, 6.45) is 2.67. The highest BCUT2D eigenvalue weighted by Gasteiger charge is 2.14. The van der Waals surface area contributed by atoms with Crippen molar-refractivity contribution in [1.29, 1.82) is 0 Å². The molecule has 0 spiro atoms. The van der Waals surface area contributed by atoms with Crippen molar-refractivity contribution in [2.75, 3.05) is 25.0 Å². The fourth-order valence-electron chi connectivity index (χ4n) is 2.05. The lowest BCUT2D eigenvalue weighted by atomic mass is 10.1. The van der Waals surface area contributed by atoms with Gasteiger partial charge in [0, 0.05) is 36.4 Å². The minimum absolute atomic E-state index is 0.0373. The maximum Gasteiger partial charge on any atom is 0.295 e. The van der Waals surface area contributed by atoms with E-state index in [9.17, 15) is 10.1 Å². The van der Waals surface area contributed by atoms with Crippen molar-refractivity contribution in [2.24, 2.45) is 0 Å². The van der Waals surface area contributed by atoms with E-state index in [-0.39, 0.29) is 5.69 Å². The van der Waals surface area contributed by atoms with Crippen LogP contribution >= 0.6 is 0 Å². The minimum Gasteiger partial charge on any atom is -0.383 e. The number of aromatic nitrogens is 1. The first-order valence-electron chi connectivity index (χ1n) is 6.70. The van der Waals surface area contributed by atoms with Crippen molar-refractivity contribution in [3.8, 4) is 0 Å². The SMILES string of the molecule is CCCNCCNc1ccc([N+](=O)[O-])c2ncccc12. The molecule has 0 aliphatic rings. The van der Waals surface area contributed by atoms with E-state index in [0.29, 0.717) is 5.52 Å². The average Bonchev–Trinajstić information content (AvgIpc) is 2.46. The van der Waals surface area contributed by atoms with Crippen LogP contribution in [0.2, 0.25) is 0 Å². The number of hydrogen-bond donors (Lipinski definition) is 2. The molecule has 20 heavy (non-hydrogen) atoms. The van der Waals surface area contributed by atoms with Crippen LogP contribution in [0.3, 0.4) is 0 Å². The molecule has 0 bridgehead atoms. The summed E-state index contributed by atoms with van der Waals surface area (Å²) in [5.41, 5.74) is 1.33. The third-order valence-electron chi connectivity index (χ3n) is 2.99. The Bertz CT molecular complexity index is 601. The van der Waals surface area contributed by atoms with Crippen molar-refractivity contribution < 1.29 is 4.92 Å². The van der Waals surface area contributed by atoms with Crippen molar-refractivity contribution in [1.82, 2.24) is 10.3 Å². The molecule has 0 aliphatic carbocycles. The Morgan fingerprint density at radius 1 is 1.25 bits per heavy atom. The zero-order valence-electron chi connectivity index (χ0n) is 11.4. The van der Waals surface area contributed by atoms with Gasteiger partial charge >= 0.3 is 0 Å². The third-order valence-corrected chi connectivity index (χ3v) is 2.99. The Morgan fingerprint density at radius 3 is 2.85 bits per heavy atom. The second-order valence-corrected chi connectivity index (χ2v) is 4.47. The zero-order chi connectivity index (χ0) is 14.4. The molecule has 106 valence electrons. The molecule has 0 saturated heterocycles. The van der Waals surface area contributed by atoms with Gasteiger partial charge in [-0.1, -0.05) is 6.92 Å². The van der Waals surface area contributed by atoms with E-state index < -0.39 is 4.92 Å². The smallest absolute Gasteiger partial charge is 0.295 e. The molecule has 0 radical (unpaired) electrons. The lowest BCUT2D eigenvalue weighted by molar-refractivity contribution is -0.383. The highest BCUT2D eigenvalue weighted by atomic mass is 16.6.